The zero-order chi connectivity index (χ0) is 43.7. The molecule has 8 rings (SSSR count). The van der Waals surface area contributed by atoms with Crippen molar-refractivity contribution in [2.75, 3.05) is 90.4 Å². The van der Waals surface area contributed by atoms with E-state index in [0.29, 0.717) is 19.0 Å². The maximum Gasteiger partial charge on any atom is 0.405 e. The number of carbonyl (C=O) groups is 3. The molecule has 0 radical (unpaired) electrons. The van der Waals surface area contributed by atoms with Crippen molar-refractivity contribution >= 4 is 46.6 Å². The molecule has 14 nitrogen and oxygen atoms in total. The molecule has 15 heteroatoms. The lowest BCUT2D eigenvalue weighted by Gasteiger charge is -2.44. The van der Waals surface area contributed by atoms with E-state index < -0.39 is 12.7 Å². The van der Waals surface area contributed by atoms with Gasteiger partial charge in [-0.05, 0) is 107 Å². The first-order valence-corrected chi connectivity index (χ1v) is 23.3. The van der Waals surface area contributed by atoms with Gasteiger partial charge in [-0.25, -0.2) is 19.2 Å². The normalized spacial score (nSPS) is 23.0. The Kier molecular flexibility index (Phi) is 14.5. The molecule has 5 saturated heterocycles. The number of carbonyl (C=O) groups excluding carboxylic acids is 3. The number of halogens is 1. The van der Waals surface area contributed by atoms with Gasteiger partial charge >= 0.3 is 6.09 Å². The molecule has 3 aromatic rings. The van der Waals surface area contributed by atoms with Gasteiger partial charge in [0.1, 0.15) is 17.5 Å². The number of ether oxygens (including phenoxy) is 1. The Morgan fingerprint density at radius 1 is 0.841 bits per heavy atom. The Labute approximate surface area is 371 Å². The van der Waals surface area contributed by atoms with Crippen LogP contribution in [-0.2, 0) is 14.3 Å². The molecule has 4 N–H and O–H groups in total. The maximum atomic E-state index is 14.3. The molecule has 7 heterocycles. The van der Waals surface area contributed by atoms with E-state index in [1.54, 1.807) is 12.1 Å². The highest BCUT2D eigenvalue weighted by molar-refractivity contribution is 5.86. The summed E-state index contributed by atoms with van der Waals surface area (Å²) in [5.41, 5.74) is 9.45. The number of unbranched alkanes of at least 4 members (excludes halogenated alkanes) is 1. The van der Waals surface area contributed by atoms with Crippen molar-refractivity contribution < 1.29 is 23.5 Å². The molecular formula is C48H65FN10O4. The molecule has 0 aliphatic carbocycles. The van der Waals surface area contributed by atoms with E-state index in [0.717, 1.165) is 132 Å². The molecule has 4 atom stereocenters. The van der Waals surface area contributed by atoms with Crippen LogP contribution in [0.4, 0.5) is 37.9 Å². The van der Waals surface area contributed by atoms with Crippen LogP contribution in [0.2, 0.25) is 0 Å². The second-order valence-electron chi connectivity index (χ2n) is 18.1. The minimum absolute atomic E-state index is 0.0220. The summed E-state index contributed by atoms with van der Waals surface area (Å²) < 4.78 is 19.4. The Bertz CT molecular complexity index is 2060. The van der Waals surface area contributed by atoms with Crippen LogP contribution in [-0.4, -0.2) is 116 Å². The van der Waals surface area contributed by atoms with E-state index in [4.69, 9.17) is 20.4 Å². The van der Waals surface area contributed by atoms with Gasteiger partial charge in [-0.2, -0.15) is 0 Å². The topological polar surface area (TPSA) is 152 Å². The molecule has 1 unspecified atom stereocenters. The van der Waals surface area contributed by atoms with Gasteiger partial charge < -0.3 is 45.6 Å². The lowest BCUT2D eigenvalue weighted by Crippen LogP contribution is -2.55. The highest BCUT2D eigenvalue weighted by atomic mass is 19.1. The van der Waals surface area contributed by atoms with Gasteiger partial charge in [0.15, 0.2) is 6.61 Å². The molecule has 5 aliphatic rings. The van der Waals surface area contributed by atoms with Gasteiger partial charge in [-0.3, -0.25) is 9.59 Å². The van der Waals surface area contributed by atoms with E-state index in [2.05, 4.69) is 61.1 Å². The average molecular weight is 865 g/mol. The number of rotatable bonds is 15. The van der Waals surface area contributed by atoms with Gasteiger partial charge in [0.05, 0.1) is 12.1 Å². The number of anilines is 5. The van der Waals surface area contributed by atoms with E-state index in [1.165, 1.54) is 37.1 Å². The number of pyridine rings is 2. The van der Waals surface area contributed by atoms with Crippen molar-refractivity contribution in [2.24, 2.45) is 11.7 Å². The third kappa shape index (κ3) is 11.1. The van der Waals surface area contributed by atoms with Crippen LogP contribution >= 0.6 is 0 Å². The largest absolute Gasteiger partial charge is 0.440 e. The zero-order valence-electron chi connectivity index (χ0n) is 36.6. The number of nitrogens with one attached hydrogen (secondary N) is 2. The second kappa shape index (κ2) is 20.7. The van der Waals surface area contributed by atoms with Crippen LogP contribution in [0, 0.1) is 11.7 Å². The van der Waals surface area contributed by atoms with Crippen molar-refractivity contribution in [3.05, 3.63) is 78.9 Å². The van der Waals surface area contributed by atoms with Crippen molar-refractivity contribution in [2.45, 2.75) is 101 Å². The number of hydrogen-bond donors (Lipinski definition) is 3. The Morgan fingerprint density at radius 2 is 1.63 bits per heavy atom. The number of benzene rings is 1. The average Bonchev–Trinajstić information content (AvgIpc) is 3.75. The molecule has 63 heavy (non-hydrogen) atoms. The summed E-state index contributed by atoms with van der Waals surface area (Å²) in [4.78, 5) is 59.0. The molecule has 0 bridgehead atoms. The van der Waals surface area contributed by atoms with Gasteiger partial charge in [-0.1, -0.05) is 25.5 Å². The second-order valence-corrected chi connectivity index (χ2v) is 18.1. The van der Waals surface area contributed by atoms with Crippen LogP contribution in [0.25, 0.3) is 0 Å². The fraction of sp³-hybridized carbons (Fsp3) is 0.562. The Morgan fingerprint density at radius 3 is 2.43 bits per heavy atom. The van der Waals surface area contributed by atoms with Crippen molar-refractivity contribution in [3.63, 3.8) is 0 Å². The highest BCUT2D eigenvalue weighted by Crippen LogP contribution is 2.41. The summed E-state index contributed by atoms with van der Waals surface area (Å²) >= 11 is 0. The predicted octanol–water partition coefficient (Wildman–Crippen LogP) is 6.43. The van der Waals surface area contributed by atoms with Crippen LogP contribution < -0.4 is 36.0 Å². The van der Waals surface area contributed by atoms with Gasteiger partial charge in [0.25, 0.3) is 5.91 Å². The molecular weight excluding hydrogens is 800 g/mol. The maximum absolute atomic E-state index is 14.3. The van der Waals surface area contributed by atoms with Gasteiger partial charge in [0, 0.05) is 112 Å². The van der Waals surface area contributed by atoms with E-state index in [-0.39, 0.29) is 41.7 Å². The van der Waals surface area contributed by atoms with Crippen LogP contribution in [0.15, 0.2) is 67.4 Å². The molecule has 1 aromatic carbocycles. The van der Waals surface area contributed by atoms with Crippen molar-refractivity contribution in [1.29, 1.82) is 0 Å². The number of hydrogen-bond acceptors (Lipinski definition) is 11. The number of piperidine rings is 4. The van der Waals surface area contributed by atoms with Gasteiger partial charge in [0.2, 0.25) is 5.91 Å². The number of likely N-dealkylation sites (tertiary alicyclic amines) is 1. The molecule has 5 aliphatic heterocycles. The summed E-state index contributed by atoms with van der Waals surface area (Å²) in [6.45, 7) is 10.5. The van der Waals surface area contributed by atoms with Crippen molar-refractivity contribution in [1.82, 2.24) is 20.2 Å². The van der Waals surface area contributed by atoms with E-state index in [9.17, 15) is 18.8 Å². The molecule has 3 amide bonds. The van der Waals surface area contributed by atoms with Crippen LogP contribution in [0.5, 0.6) is 0 Å². The standard InChI is InChI=1S/C48H65FN10O4/c1-2-46(60)52-18-5-4-10-34-15-23-56(24-16-34)40-28-41(54-44(29-40)53-37-12-9-22-57(32-37)38-13-8-11-36(49)27-38)35-26-43-42(59(31-35)47(61)33-63-48(50)62)17-25-58(43)45-30-39(14-19-51-45)55-20-6-3-7-21-55/h2,8,11,13-14,19,27-30,34-35,37,42-43H,1,3-7,9-10,12,15-18,20-26,31-33H2,(H2,50,62)(H,52,60)(H,53,54)/t35?,37-,42+,43+/m1/s1. The molecule has 0 saturated carbocycles. The SMILES string of the molecule is C=CC(=O)NCCCCC1CCN(c2cc(N[C@@H]3CCCN(c4cccc(F)c4)C3)nc(C3C[C@H]4[C@H](CCN4c4cc(N5CCCCC5)ccn4)N(C(=O)COC(N)=O)C3)c2)CC1. The van der Waals surface area contributed by atoms with Crippen molar-refractivity contribution in [3.8, 4) is 0 Å². The van der Waals surface area contributed by atoms with E-state index in [1.807, 2.05) is 17.2 Å². The lowest BCUT2D eigenvalue weighted by molar-refractivity contribution is -0.138. The number of fused-ring (bicyclic) bond motifs is 1. The fourth-order valence-corrected chi connectivity index (χ4v) is 10.7. The Balaban J connectivity index is 1.05. The van der Waals surface area contributed by atoms with Gasteiger partial charge in [-0.15, -0.1) is 0 Å². The highest BCUT2D eigenvalue weighted by Gasteiger charge is 2.46. The number of amides is 3. The van der Waals surface area contributed by atoms with Crippen LogP contribution in [0.1, 0.15) is 88.7 Å². The monoisotopic (exact) mass is 865 g/mol. The molecule has 338 valence electrons. The summed E-state index contributed by atoms with van der Waals surface area (Å²) in [7, 11) is 0. The third-order valence-corrected chi connectivity index (χ3v) is 14.0. The summed E-state index contributed by atoms with van der Waals surface area (Å²) in [6, 6.07) is 15.5. The minimum atomic E-state index is -0.968. The van der Waals surface area contributed by atoms with E-state index >= 15 is 0 Å². The first-order valence-electron chi connectivity index (χ1n) is 23.3. The number of nitrogens with zero attached hydrogens (tertiary/aromatic N) is 7. The number of nitrogens with two attached hydrogens (primary N) is 1. The lowest BCUT2D eigenvalue weighted by atomic mass is 9.86. The number of primary amides is 1. The number of aromatic nitrogens is 2. The summed E-state index contributed by atoms with van der Waals surface area (Å²) in [5.74, 6) is 1.61. The first kappa shape index (κ1) is 44.0. The summed E-state index contributed by atoms with van der Waals surface area (Å²) in [5, 5.41) is 6.70. The molecule has 5 fully saturated rings. The van der Waals surface area contributed by atoms with Crippen LogP contribution in [0.3, 0.4) is 0 Å². The minimum Gasteiger partial charge on any atom is -0.440 e. The molecule has 0 spiro atoms. The summed E-state index contributed by atoms with van der Waals surface area (Å²) in [6.07, 6.45) is 14.7. The Hall–Kier alpha value is -5.60. The fourth-order valence-electron chi connectivity index (χ4n) is 10.7. The quantitative estimate of drug-likeness (QED) is 0.115. The first-order chi connectivity index (χ1) is 30.7. The third-order valence-electron chi connectivity index (χ3n) is 14.0. The molecule has 2 aromatic heterocycles. The zero-order valence-corrected chi connectivity index (χ0v) is 36.6. The smallest absolute Gasteiger partial charge is 0.405 e. The predicted molar refractivity (Wildman–Crippen MR) is 246 cm³/mol.